The lowest BCUT2D eigenvalue weighted by atomic mass is 10.0. The number of rotatable bonds is 3. The van der Waals surface area contributed by atoms with E-state index in [1.165, 1.54) is 0 Å². The molecule has 0 saturated heterocycles. The first-order chi connectivity index (χ1) is 8.11. The van der Waals surface area contributed by atoms with Gasteiger partial charge in [0.2, 0.25) is 5.88 Å². The van der Waals surface area contributed by atoms with Crippen LogP contribution in [0.5, 0.6) is 5.88 Å². The standard InChI is InChI=1S/C12H13F3N2O/c1-6(2)8-5-9(18-12(13,14)15)17-11(7(3)4)10(8)16/h5H,1,3,16H2,2,4H3. The molecule has 6 heteroatoms. The number of ether oxygens (including phenoxy) is 1. The third-order valence-corrected chi connectivity index (χ3v) is 2.12. The van der Waals surface area contributed by atoms with E-state index in [0.717, 1.165) is 6.07 Å². The molecule has 0 aliphatic heterocycles. The second-order valence-electron chi connectivity index (χ2n) is 3.88. The van der Waals surface area contributed by atoms with Crippen molar-refractivity contribution in [1.82, 2.24) is 4.98 Å². The molecular weight excluding hydrogens is 245 g/mol. The zero-order chi connectivity index (χ0) is 14.1. The van der Waals surface area contributed by atoms with E-state index in [1.54, 1.807) is 13.8 Å². The van der Waals surface area contributed by atoms with Crippen LogP contribution in [0.3, 0.4) is 0 Å². The van der Waals surface area contributed by atoms with Crippen LogP contribution in [0.25, 0.3) is 11.1 Å². The normalized spacial score (nSPS) is 11.2. The molecule has 0 aliphatic rings. The van der Waals surface area contributed by atoms with Gasteiger partial charge >= 0.3 is 6.36 Å². The molecule has 1 aromatic rings. The van der Waals surface area contributed by atoms with E-state index in [-0.39, 0.29) is 11.4 Å². The van der Waals surface area contributed by atoms with E-state index >= 15 is 0 Å². The lowest BCUT2D eigenvalue weighted by molar-refractivity contribution is -0.276. The maximum Gasteiger partial charge on any atom is 0.574 e. The van der Waals surface area contributed by atoms with Crippen molar-refractivity contribution in [1.29, 1.82) is 0 Å². The van der Waals surface area contributed by atoms with E-state index in [2.05, 4.69) is 22.9 Å². The second-order valence-corrected chi connectivity index (χ2v) is 3.88. The Morgan fingerprint density at radius 3 is 2.22 bits per heavy atom. The number of alkyl halides is 3. The summed E-state index contributed by atoms with van der Waals surface area (Å²) >= 11 is 0. The van der Waals surface area contributed by atoms with Crippen molar-refractivity contribution in [2.45, 2.75) is 20.2 Å². The highest BCUT2D eigenvalue weighted by Gasteiger charge is 2.32. The fourth-order valence-electron chi connectivity index (χ4n) is 1.38. The third-order valence-electron chi connectivity index (χ3n) is 2.12. The minimum atomic E-state index is -4.80. The molecule has 98 valence electrons. The number of aromatic nitrogens is 1. The van der Waals surface area contributed by atoms with E-state index < -0.39 is 12.2 Å². The summed E-state index contributed by atoms with van der Waals surface area (Å²) < 4.78 is 40.3. The van der Waals surface area contributed by atoms with Gasteiger partial charge in [-0.05, 0) is 25.0 Å². The van der Waals surface area contributed by atoms with Crippen molar-refractivity contribution < 1.29 is 17.9 Å². The highest BCUT2D eigenvalue weighted by molar-refractivity contribution is 5.81. The Bertz CT molecular complexity index is 472. The van der Waals surface area contributed by atoms with Crippen LogP contribution in [0, 0.1) is 0 Å². The number of anilines is 1. The Labute approximate surface area is 103 Å². The lowest BCUT2D eigenvalue weighted by Gasteiger charge is -2.14. The number of hydrogen-bond acceptors (Lipinski definition) is 3. The molecule has 0 atom stereocenters. The number of halogens is 3. The zero-order valence-electron chi connectivity index (χ0n) is 10.1. The summed E-state index contributed by atoms with van der Waals surface area (Å²) in [5, 5.41) is 0. The first-order valence-corrected chi connectivity index (χ1v) is 5.00. The van der Waals surface area contributed by atoms with Crippen LogP contribution in [0.2, 0.25) is 0 Å². The van der Waals surface area contributed by atoms with Crippen molar-refractivity contribution in [2.75, 3.05) is 5.73 Å². The molecule has 0 bridgehead atoms. The molecule has 0 amide bonds. The number of allylic oxidation sites excluding steroid dienone is 2. The number of hydrogen-bond donors (Lipinski definition) is 1. The van der Waals surface area contributed by atoms with Gasteiger partial charge < -0.3 is 10.5 Å². The van der Waals surface area contributed by atoms with E-state index in [1.807, 2.05) is 0 Å². The predicted octanol–water partition coefficient (Wildman–Crippen LogP) is 3.63. The van der Waals surface area contributed by atoms with Gasteiger partial charge in [-0.3, -0.25) is 0 Å². The number of nitrogen functional groups attached to an aromatic ring is 1. The summed E-state index contributed by atoms with van der Waals surface area (Å²) in [4.78, 5) is 3.69. The van der Waals surface area contributed by atoms with Gasteiger partial charge in [0.05, 0.1) is 11.4 Å². The molecule has 1 aromatic heterocycles. The van der Waals surface area contributed by atoms with E-state index in [9.17, 15) is 13.2 Å². The maximum absolute atomic E-state index is 12.2. The summed E-state index contributed by atoms with van der Waals surface area (Å²) in [7, 11) is 0. The molecule has 0 radical (unpaired) electrons. The van der Waals surface area contributed by atoms with Crippen LogP contribution in [0.1, 0.15) is 25.1 Å². The monoisotopic (exact) mass is 258 g/mol. The number of nitrogens with two attached hydrogens (primary N) is 1. The van der Waals surface area contributed by atoms with Crippen LogP contribution in [0.4, 0.5) is 18.9 Å². The van der Waals surface area contributed by atoms with Crippen LogP contribution in [0.15, 0.2) is 19.2 Å². The van der Waals surface area contributed by atoms with Crippen LogP contribution in [-0.2, 0) is 0 Å². The number of nitrogens with zero attached hydrogens (tertiary/aromatic N) is 1. The molecule has 0 saturated carbocycles. The Kier molecular flexibility index (Phi) is 3.69. The smallest absolute Gasteiger partial charge is 0.396 e. The highest BCUT2D eigenvalue weighted by Crippen LogP contribution is 2.32. The minimum Gasteiger partial charge on any atom is -0.396 e. The zero-order valence-corrected chi connectivity index (χ0v) is 10.1. The average Bonchev–Trinajstić information content (AvgIpc) is 2.17. The summed E-state index contributed by atoms with van der Waals surface area (Å²) in [6.07, 6.45) is -4.80. The summed E-state index contributed by atoms with van der Waals surface area (Å²) in [5.41, 5.74) is 7.54. The molecule has 0 aliphatic carbocycles. The fourth-order valence-corrected chi connectivity index (χ4v) is 1.38. The van der Waals surface area contributed by atoms with Gasteiger partial charge in [0.1, 0.15) is 0 Å². The Morgan fingerprint density at radius 1 is 1.28 bits per heavy atom. The molecule has 1 rings (SSSR count). The molecule has 1 heterocycles. The van der Waals surface area contributed by atoms with Gasteiger partial charge in [-0.1, -0.05) is 13.2 Å². The SMILES string of the molecule is C=C(C)c1cc(OC(F)(F)F)nc(C(=C)C)c1N. The Hall–Kier alpha value is -1.98. The molecule has 2 N–H and O–H groups in total. The first-order valence-electron chi connectivity index (χ1n) is 5.00. The quantitative estimate of drug-likeness (QED) is 0.900. The van der Waals surface area contributed by atoms with E-state index in [0.29, 0.717) is 16.7 Å². The molecule has 0 unspecified atom stereocenters. The van der Waals surface area contributed by atoms with Crippen LogP contribution in [-0.4, -0.2) is 11.3 Å². The lowest BCUT2D eigenvalue weighted by Crippen LogP contribution is -2.18. The van der Waals surface area contributed by atoms with Gasteiger partial charge in [-0.15, -0.1) is 13.2 Å². The van der Waals surface area contributed by atoms with Gasteiger partial charge in [-0.25, -0.2) is 4.98 Å². The van der Waals surface area contributed by atoms with Crippen LogP contribution < -0.4 is 10.5 Å². The van der Waals surface area contributed by atoms with Crippen molar-refractivity contribution in [2.24, 2.45) is 0 Å². The Morgan fingerprint density at radius 2 is 1.83 bits per heavy atom. The van der Waals surface area contributed by atoms with Gasteiger partial charge in [-0.2, -0.15) is 0 Å². The van der Waals surface area contributed by atoms with Crippen molar-refractivity contribution in [3.05, 3.63) is 30.5 Å². The molecule has 0 aromatic carbocycles. The van der Waals surface area contributed by atoms with Gasteiger partial charge in [0, 0.05) is 11.6 Å². The summed E-state index contributed by atoms with van der Waals surface area (Å²) in [5.74, 6) is -0.576. The highest BCUT2D eigenvalue weighted by atomic mass is 19.4. The average molecular weight is 258 g/mol. The third kappa shape index (κ3) is 3.26. The minimum absolute atomic E-state index is 0.176. The van der Waals surface area contributed by atoms with Gasteiger partial charge in [0.15, 0.2) is 0 Å². The maximum atomic E-state index is 12.2. The van der Waals surface area contributed by atoms with Crippen molar-refractivity contribution in [3.63, 3.8) is 0 Å². The van der Waals surface area contributed by atoms with Crippen molar-refractivity contribution in [3.8, 4) is 5.88 Å². The molecule has 0 spiro atoms. The largest absolute Gasteiger partial charge is 0.574 e. The number of pyridine rings is 1. The predicted molar refractivity (Wildman–Crippen MR) is 64.7 cm³/mol. The van der Waals surface area contributed by atoms with E-state index in [4.69, 9.17) is 5.73 Å². The van der Waals surface area contributed by atoms with Crippen molar-refractivity contribution >= 4 is 16.8 Å². The molecule has 0 fully saturated rings. The second kappa shape index (κ2) is 4.72. The fraction of sp³-hybridized carbons (Fsp3) is 0.250. The Balaban J connectivity index is 3.38. The molecular formula is C12H13F3N2O. The summed E-state index contributed by atoms with van der Waals surface area (Å²) in [6.45, 7) is 10.5. The first kappa shape index (κ1) is 14.1. The molecule has 3 nitrogen and oxygen atoms in total. The molecule has 18 heavy (non-hydrogen) atoms. The van der Waals surface area contributed by atoms with Gasteiger partial charge in [0.25, 0.3) is 0 Å². The topological polar surface area (TPSA) is 48.1 Å². The van der Waals surface area contributed by atoms with Crippen LogP contribution >= 0.6 is 0 Å². The summed E-state index contributed by atoms with van der Waals surface area (Å²) in [6, 6.07) is 1.11.